The molecule has 1 aromatic carbocycles. The lowest BCUT2D eigenvalue weighted by molar-refractivity contribution is 0.208. The van der Waals surface area contributed by atoms with Gasteiger partial charge in [-0.05, 0) is 31.0 Å². The van der Waals surface area contributed by atoms with Crippen LogP contribution < -0.4 is 10.6 Å². The first-order valence-electron chi connectivity index (χ1n) is 6.51. The van der Waals surface area contributed by atoms with Crippen LogP contribution in [0.25, 0.3) is 0 Å². The molecule has 4 nitrogen and oxygen atoms in total. The second-order valence-electron chi connectivity index (χ2n) is 4.06. The normalized spacial score (nSPS) is 11.4. The maximum Gasteiger partial charge on any atom is 0.191 e. The van der Waals surface area contributed by atoms with Gasteiger partial charge in [0.15, 0.2) is 5.96 Å². The quantitative estimate of drug-likeness (QED) is 0.448. The van der Waals surface area contributed by atoms with E-state index in [2.05, 4.69) is 15.6 Å². The Morgan fingerprint density at radius 3 is 2.89 bits per heavy atom. The van der Waals surface area contributed by atoms with Crippen molar-refractivity contribution < 1.29 is 9.13 Å². The SMILES string of the molecule is CCNC(=NCCOC)NCCc1cccc(F)c1. The molecule has 0 saturated heterocycles. The van der Waals surface area contributed by atoms with E-state index in [0.29, 0.717) is 19.7 Å². The predicted molar refractivity (Wildman–Crippen MR) is 76.0 cm³/mol. The Bertz CT molecular complexity index is 396. The van der Waals surface area contributed by atoms with Crippen LogP contribution in [0.5, 0.6) is 0 Å². The molecule has 1 aromatic rings. The molecule has 0 unspecified atom stereocenters. The van der Waals surface area contributed by atoms with Crippen LogP contribution >= 0.6 is 0 Å². The van der Waals surface area contributed by atoms with Crippen LogP contribution in [0, 0.1) is 5.82 Å². The zero-order valence-corrected chi connectivity index (χ0v) is 11.6. The van der Waals surface area contributed by atoms with E-state index in [0.717, 1.165) is 24.5 Å². The number of aliphatic imine (C=N–C) groups is 1. The monoisotopic (exact) mass is 267 g/mol. The summed E-state index contributed by atoms with van der Waals surface area (Å²) in [5, 5.41) is 6.36. The number of guanidine groups is 1. The highest BCUT2D eigenvalue weighted by Gasteiger charge is 1.98. The minimum Gasteiger partial charge on any atom is -0.383 e. The minimum absolute atomic E-state index is 0.196. The molecule has 0 amide bonds. The molecule has 1 rings (SSSR count). The zero-order chi connectivity index (χ0) is 13.9. The molecule has 0 fully saturated rings. The number of ether oxygens (including phenoxy) is 1. The van der Waals surface area contributed by atoms with Crippen molar-refractivity contribution in [1.29, 1.82) is 0 Å². The molecule has 0 aromatic heterocycles. The first-order chi connectivity index (χ1) is 9.26. The van der Waals surface area contributed by atoms with E-state index in [1.165, 1.54) is 6.07 Å². The van der Waals surface area contributed by atoms with Crippen LogP contribution in [0.1, 0.15) is 12.5 Å². The molecule has 0 bridgehead atoms. The number of methoxy groups -OCH3 is 1. The van der Waals surface area contributed by atoms with Gasteiger partial charge < -0.3 is 15.4 Å². The third-order valence-electron chi connectivity index (χ3n) is 2.50. The van der Waals surface area contributed by atoms with Crippen LogP contribution in [0.2, 0.25) is 0 Å². The molecule has 0 radical (unpaired) electrons. The third-order valence-corrected chi connectivity index (χ3v) is 2.50. The highest BCUT2D eigenvalue weighted by molar-refractivity contribution is 5.79. The van der Waals surface area contributed by atoms with Gasteiger partial charge in [0.2, 0.25) is 0 Å². The number of nitrogens with zero attached hydrogens (tertiary/aromatic N) is 1. The zero-order valence-electron chi connectivity index (χ0n) is 11.6. The van der Waals surface area contributed by atoms with Crippen molar-refractivity contribution in [2.75, 3.05) is 33.4 Å². The van der Waals surface area contributed by atoms with E-state index >= 15 is 0 Å². The number of rotatable bonds is 7. The molecule has 0 aliphatic heterocycles. The molecule has 0 heterocycles. The Morgan fingerprint density at radius 2 is 2.21 bits per heavy atom. The fraction of sp³-hybridized carbons (Fsp3) is 0.500. The first kappa shape index (κ1) is 15.4. The fourth-order valence-corrected chi connectivity index (χ4v) is 1.61. The summed E-state index contributed by atoms with van der Waals surface area (Å²) in [4.78, 5) is 4.35. The predicted octanol–water partition coefficient (Wildman–Crippen LogP) is 1.57. The number of nitrogens with one attached hydrogen (secondary N) is 2. The smallest absolute Gasteiger partial charge is 0.191 e. The van der Waals surface area contributed by atoms with Gasteiger partial charge in [-0.2, -0.15) is 0 Å². The summed E-state index contributed by atoms with van der Waals surface area (Å²) in [5.41, 5.74) is 0.972. The topological polar surface area (TPSA) is 45.7 Å². The van der Waals surface area contributed by atoms with Crippen LogP contribution in [0.4, 0.5) is 4.39 Å². The molecule has 2 N–H and O–H groups in total. The molecule has 0 spiro atoms. The molecule has 0 saturated carbocycles. The van der Waals surface area contributed by atoms with Gasteiger partial charge in [0.25, 0.3) is 0 Å². The molecular formula is C14H22FN3O. The average Bonchev–Trinajstić information content (AvgIpc) is 2.39. The Hall–Kier alpha value is -1.62. The summed E-state index contributed by atoms with van der Waals surface area (Å²) in [6.45, 7) is 4.74. The van der Waals surface area contributed by atoms with Crippen LogP contribution in [0.3, 0.4) is 0 Å². The molecule has 106 valence electrons. The van der Waals surface area contributed by atoms with E-state index < -0.39 is 0 Å². The highest BCUT2D eigenvalue weighted by Crippen LogP contribution is 2.03. The maximum atomic E-state index is 13.0. The minimum atomic E-state index is -0.196. The van der Waals surface area contributed by atoms with Crippen LogP contribution in [-0.2, 0) is 11.2 Å². The Labute approximate surface area is 114 Å². The molecule has 19 heavy (non-hydrogen) atoms. The summed E-state index contributed by atoms with van der Waals surface area (Å²) in [6.07, 6.45) is 0.756. The molecule has 0 aliphatic carbocycles. The summed E-state index contributed by atoms with van der Waals surface area (Å²) in [6, 6.07) is 6.65. The van der Waals surface area contributed by atoms with Crippen LogP contribution in [-0.4, -0.2) is 39.3 Å². The van der Waals surface area contributed by atoms with Crippen molar-refractivity contribution in [1.82, 2.24) is 10.6 Å². The summed E-state index contributed by atoms with van der Waals surface area (Å²) in [5.74, 6) is 0.564. The molecule has 0 aliphatic rings. The summed E-state index contributed by atoms with van der Waals surface area (Å²) >= 11 is 0. The molecule has 5 heteroatoms. The number of benzene rings is 1. The van der Waals surface area contributed by atoms with Crippen molar-refractivity contribution in [2.45, 2.75) is 13.3 Å². The largest absolute Gasteiger partial charge is 0.383 e. The van der Waals surface area contributed by atoms with Gasteiger partial charge in [0.05, 0.1) is 13.2 Å². The molecule has 0 atom stereocenters. The van der Waals surface area contributed by atoms with Gasteiger partial charge in [-0.15, -0.1) is 0 Å². The average molecular weight is 267 g/mol. The van der Waals surface area contributed by atoms with E-state index in [1.807, 2.05) is 13.0 Å². The summed E-state index contributed by atoms with van der Waals surface area (Å²) < 4.78 is 18.0. The van der Waals surface area contributed by atoms with E-state index in [9.17, 15) is 4.39 Å². The molecular weight excluding hydrogens is 245 g/mol. The number of hydrogen-bond donors (Lipinski definition) is 2. The van der Waals surface area contributed by atoms with Crippen LogP contribution in [0.15, 0.2) is 29.3 Å². The number of halogens is 1. The Balaban J connectivity index is 2.37. The van der Waals surface area contributed by atoms with Crippen molar-refractivity contribution in [3.05, 3.63) is 35.6 Å². The second-order valence-corrected chi connectivity index (χ2v) is 4.06. The van der Waals surface area contributed by atoms with Crippen molar-refractivity contribution in [2.24, 2.45) is 4.99 Å². The lowest BCUT2D eigenvalue weighted by Gasteiger charge is -2.11. The van der Waals surface area contributed by atoms with E-state index in [1.54, 1.807) is 19.2 Å². The van der Waals surface area contributed by atoms with Crippen molar-refractivity contribution >= 4 is 5.96 Å². The van der Waals surface area contributed by atoms with Gasteiger partial charge in [0, 0.05) is 20.2 Å². The van der Waals surface area contributed by atoms with Gasteiger partial charge in [0.1, 0.15) is 5.82 Å². The lowest BCUT2D eigenvalue weighted by atomic mass is 10.1. The fourth-order valence-electron chi connectivity index (χ4n) is 1.61. The number of hydrogen-bond acceptors (Lipinski definition) is 2. The summed E-state index contributed by atoms with van der Waals surface area (Å²) in [7, 11) is 1.65. The Kier molecular flexibility index (Phi) is 7.58. The van der Waals surface area contributed by atoms with Gasteiger partial charge in [-0.25, -0.2) is 4.39 Å². The van der Waals surface area contributed by atoms with E-state index in [4.69, 9.17) is 4.74 Å². The highest BCUT2D eigenvalue weighted by atomic mass is 19.1. The van der Waals surface area contributed by atoms with Crippen molar-refractivity contribution in [3.63, 3.8) is 0 Å². The first-order valence-corrected chi connectivity index (χ1v) is 6.51. The van der Waals surface area contributed by atoms with Crippen molar-refractivity contribution in [3.8, 4) is 0 Å². The van der Waals surface area contributed by atoms with Gasteiger partial charge in [-0.1, -0.05) is 12.1 Å². The second kappa shape index (κ2) is 9.33. The lowest BCUT2D eigenvalue weighted by Crippen LogP contribution is -2.38. The van der Waals surface area contributed by atoms with Gasteiger partial charge in [-0.3, -0.25) is 4.99 Å². The van der Waals surface area contributed by atoms with E-state index in [-0.39, 0.29) is 5.82 Å². The third kappa shape index (κ3) is 6.76. The van der Waals surface area contributed by atoms with Gasteiger partial charge >= 0.3 is 0 Å². The maximum absolute atomic E-state index is 13.0. The Morgan fingerprint density at radius 1 is 1.37 bits per heavy atom. The standard InChI is InChI=1S/C14H22FN3O/c1-3-16-14(18-9-10-19-2)17-8-7-12-5-4-6-13(15)11-12/h4-6,11H,3,7-10H2,1-2H3,(H2,16,17,18).